The van der Waals surface area contributed by atoms with E-state index in [0.29, 0.717) is 49.1 Å². The van der Waals surface area contributed by atoms with Crippen LogP contribution in [0.15, 0.2) is 77.9 Å². The Labute approximate surface area is 209 Å². The molecule has 0 saturated carbocycles. The van der Waals surface area contributed by atoms with E-state index in [2.05, 4.69) is 10.3 Å². The second-order valence-electron chi connectivity index (χ2n) is 9.09. The number of nitrogens with zero attached hydrogens (tertiary/aromatic N) is 3. The molecule has 1 amide bonds. The van der Waals surface area contributed by atoms with Crippen molar-refractivity contribution in [2.75, 3.05) is 37.4 Å². The molecule has 2 aliphatic heterocycles. The molecule has 0 aliphatic carbocycles. The average Bonchev–Trinajstić information content (AvgIpc) is 3.53. The van der Waals surface area contributed by atoms with E-state index in [1.165, 1.54) is 0 Å². The van der Waals surface area contributed by atoms with Crippen molar-refractivity contribution in [3.05, 3.63) is 89.6 Å². The van der Waals surface area contributed by atoms with Gasteiger partial charge in [-0.3, -0.25) is 0 Å². The molecule has 3 aromatic rings. The molecule has 1 aromatic heterocycles. The lowest BCUT2D eigenvalue weighted by Crippen LogP contribution is -2.36. The van der Waals surface area contributed by atoms with Crippen molar-refractivity contribution < 1.29 is 19.4 Å². The highest BCUT2D eigenvalue weighted by Gasteiger charge is 2.45. The molecule has 2 aliphatic rings. The molecule has 5 rings (SSSR count). The number of nitrogens with one attached hydrogen (secondary N) is 1. The Bertz CT molecular complexity index is 1240. The van der Waals surface area contributed by atoms with Gasteiger partial charge in [-0.05, 0) is 17.5 Å². The highest BCUT2D eigenvalue weighted by Crippen LogP contribution is 2.34. The van der Waals surface area contributed by atoms with Crippen LogP contribution in [0, 0.1) is 0 Å². The first-order valence-corrected chi connectivity index (χ1v) is 11.9. The van der Waals surface area contributed by atoms with E-state index < -0.39 is 5.54 Å². The minimum absolute atomic E-state index is 0.108. The van der Waals surface area contributed by atoms with Crippen molar-refractivity contribution in [1.82, 2.24) is 9.88 Å². The van der Waals surface area contributed by atoms with E-state index in [9.17, 15) is 9.90 Å². The fourth-order valence-corrected chi connectivity index (χ4v) is 4.52. The molecule has 1 unspecified atom stereocenters. The summed E-state index contributed by atoms with van der Waals surface area (Å²) in [5, 5.41) is 13.4. The van der Waals surface area contributed by atoms with Crippen molar-refractivity contribution >= 4 is 23.5 Å². The van der Waals surface area contributed by atoms with Gasteiger partial charge in [-0.2, -0.15) is 0 Å². The molecule has 3 heterocycles. The predicted molar refractivity (Wildman–Crippen MR) is 137 cm³/mol. The number of nitrogen functional groups attached to an aromatic ring is 1. The third kappa shape index (κ3) is 5.11. The largest absolute Gasteiger partial charge is 0.475 e. The van der Waals surface area contributed by atoms with Crippen LogP contribution in [0.2, 0.25) is 0 Å². The van der Waals surface area contributed by atoms with Crippen molar-refractivity contribution in [3.8, 4) is 0 Å². The molecule has 2 atom stereocenters. The van der Waals surface area contributed by atoms with Crippen molar-refractivity contribution in [2.24, 2.45) is 4.99 Å². The quantitative estimate of drug-likeness (QED) is 0.467. The molecule has 2 aromatic carbocycles. The van der Waals surface area contributed by atoms with E-state index in [4.69, 9.17) is 20.2 Å². The van der Waals surface area contributed by atoms with E-state index >= 15 is 0 Å². The number of hydrogen-bond acceptors (Lipinski definition) is 8. The molecule has 36 heavy (non-hydrogen) atoms. The van der Waals surface area contributed by atoms with E-state index in [1.807, 2.05) is 60.7 Å². The average molecular weight is 488 g/mol. The van der Waals surface area contributed by atoms with E-state index in [-0.39, 0.29) is 25.3 Å². The first kappa shape index (κ1) is 23.6. The second-order valence-corrected chi connectivity index (χ2v) is 9.09. The fraction of sp³-hybridized carbons (Fsp3) is 0.296. The number of carbonyl (C=O) groups excluding carboxylic acids is 1. The van der Waals surface area contributed by atoms with E-state index in [1.54, 1.807) is 17.2 Å². The molecule has 0 bridgehead atoms. The number of nitrogens with two attached hydrogens (primary N) is 1. The molecule has 9 heteroatoms. The molecular formula is C27H29N5O4. The van der Waals surface area contributed by atoms with Gasteiger partial charge in [0.15, 0.2) is 0 Å². The number of aliphatic hydroxyl groups excluding tert-OH is 1. The third-order valence-corrected chi connectivity index (χ3v) is 6.48. The normalized spacial score (nSPS) is 19.6. The molecule has 4 N–H and O–H groups in total. The fourth-order valence-electron chi connectivity index (χ4n) is 4.52. The number of aromatic nitrogens is 1. The van der Waals surface area contributed by atoms with Crippen LogP contribution >= 0.6 is 0 Å². The Morgan fingerprint density at radius 2 is 1.94 bits per heavy atom. The van der Waals surface area contributed by atoms with Crippen LogP contribution in [0.5, 0.6) is 0 Å². The first-order valence-electron chi connectivity index (χ1n) is 11.9. The number of hydrogen-bond donors (Lipinski definition) is 3. The third-order valence-electron chi connectivity index (χ3n) is 6.48. The highest BCUT2D eigenvalue weighted by molar-refractivity contribution is 6.01. The number of pyridine rings is 1. The Kier molecular flexibility index (Phi) is 6.73. The van der Waals surface area contributed by atoms with Gasteiger partial charge in [0.25, 0.3) is 0 Å². The van der Waals surface area contributed by atoms with Gasteiger partial charge < -0.3 is 30.5 Å². The molecule has 1 spiro atoms. The van der Waals surface area contributed by atoms with Gasteiger partial charge >= 0.3 is 6.09 Å². The maximum Gasteiger partial charge on any atom is 0.410 e. The number of carbonyl (C=O) groups is 1. The number of aliphatic imine (C=N–C) groups is 1. The SMILES string of the molecule is Nc1cc(N[C@H](CO)c2ccccc2)c(C2=NC3(CCN(C(=O)OCc4ccccc4)C3)CO2)cn1. The van der Waals surface area contributed by atoms with Gasteiger partial charge in [0.2, 0.25) is 5.90 Å². The Morgan fingerprint density at radius 3 is 2.69 bits per heavy atom. The second kappa shape index (κ2) is 10.2. The summed E-state index contributed by atoms with van der Waals surface area (Å²) < 4.78 is 11.5. The summed E-state index contributed by atoms with van der Waals surface area (Å²) in [6, 6.07) is 20.6. The topological polar surface area (TPSA) is 122 Å². The van der Waals surface area contributed by atoms with Crippen LogP contribution in [-0.2, 0) is 16.1 Å². The summed E-state index contributed by atoms with van der Waals surface area (Å²) in [5.74, 6) is 0.779. The summed E-state index contributed by atoms with van der Waals surface area (Å²) in [5.41, 5.74) is 8.63. The van der Waals surface area contributed by atoms with Crippen LogP contribution in [-0.4, -0.2) is 58.8 Å². The van der Waals surface area contributed by atoms with Gasteiger partial charge in [0.05, 0.1) is 30.4 Å². The van der Waals surface area contributed by atoms with Crippen LogP contribution in [0.1, 0.15) is 29.2 Å². The Balaban J connectivity index is 1.30. The lowest BCUT2D eigenvalue weighted by Gasteiger charge is -2.20. The zero-order valence-corrected chi connectivity index (χ0v) is 19.8. The number of benzene rings is 2. The summed E-state index contributed by atoms with van der Waals surface area (Å²) >= 11 is 0. The van der Waals surface area contributed by atoms with Crippen LogP contribution in [0.3, 0.4) is 0 Å². The smallest absolute Gasteiger partial charge is 0.410 e. The number of ether oxygens (including phenoxy) is 2. The Morgan fingerprint density at radius 1 is 1.19 bits per heavy atom. The van der Waals surface area contributed by atoms with Gasteiger partial charge in [0.1, 0.15) is 24.6 Å². The molecule has 9 nitrogen and oxygen atoms in total. The number of amides is 1. The minimum atomic E-state index is -0.532. The van der Waals surface area contributed by atoms with Crippen LogP contribution in [0.4, 0.5) is 16.3 Å². The molecule has 1 saturated heterocycles. The summed E-state index contributed by atoms with van der Waals surface area (Å²) in [6.45, 7) is 1.44. The van der Waals surface area contributed by atoms with Gasteiger partial charge in [0, 0.05) is 18.8 Å². The molecule has 0 radical (unpaired) electrons. The van der Waals surface area contributed by atoms with Gasteiger partial charge in [-0.15, -0.1) is 0 Å². The lowest BCUT2D eigenvalue weighted by atomic mass is 10.0. The van der Waals surface area contributed by atoms with Gasteiger partial charge in [-0.1, -0.05) is 60.7 Å². The van der Waals surface area contributed by atoms with Crippen molar-refractivity contribution in [3.63, 3.8) is 0 Å². The predicted octanol–water partition coefficient (Wildman–Crippen LogP) is 3.37. The van der Waals surface area contributed by atoms with E-state index in [0.717, 1.165) is 11.1 Å². The Hall–Kier alpha value is -4.11. The lowest BCUT2D eigenvalue weighted by molar-refractivity contribution is 0.101. The number of likely N-dealkylation sites (tertiary alicyclic amines) is 1. The minimum Gasteiger partial charge on any atom is -0.475 e. The first-order chi connectivity index (χ1) is 17.5. The summed E-state index contributed by atoms with van der Waals surface area (Å²) in [6.07, 6.45) is 1.94. The monoisotopic (exact) mass is 487 g/mol. The molecule has 1 fully saturated rings. The van der Waals surface area contributed by atoms with Crippen LogP contribution in [0.25, 0.3) is 0 Å². The van der Waals surface area contributed by atoms with Crippen molar-refractivity contribution in [1.29, 1.82) is 0 Å². The number of anilines is 2. The molecule has 186 valence electrons. The van der Waals surface area contributed by atoms with Gasteiger partial charge in [-0.25, -0.2) is 14.8 Å². The van der Waals surface area contributed by atoms with Crippen molar-refractivity contribution in [2.45, 2.75) is 24.6 Å². The standard InChI is InChI=1S/C27H29N5O4/c28-24-13-22(30-23(15-33)20-9-5-2-6-10-20)21(14-29-24)25-31-27(18-36-25)11-12-32(17-27)26(34)35-16-19-7-3-1-4-8-19/h1-10,13-14,23,33H,11-12,15-18H2,(H3,28,29,30)/t23-,27?/m1/s1. The highest BCUT2D eigenvalue weighted by atomic mass is 16.6. The zero-order chi connectivity index (χ0) is 25.0. The zero-order valence-electron chi connectivity index (χ0n) is 19.8. The maximum atomic E-state index is 12.6. The number of aliphatic hydroxyl groups is 1. The molecular weight excluding hydrogens is 458 g/mol. The summed E-state index contributed by atoms with van der Waals surface area (Å²) in [4.78, 5) is 23.5. The van der Waals surface area contributed by atoms with Crippen LogP contribution < -0.4 is 11.1 Å². The maximum absolute atomic E-state index is 12.6. The summed E-state index contributed by atoms with van der Waals surface area (Å²) in [7, 11) is 0. The number of rotatable bonds is 7.